The van der Waals surface area contributed by atoms with Crippen molar-refractivity contribution in [1.29, 1.82) is 0 Å². The Hall–Kier alpha value is -1.75. The number of rotatable bonds is 3. The topological polar surface area (TPSA) is 78.4 Å². The van der Waals surface area contributed by atoms with Crippen molar-refractivity contribution < 1.29 is 14.7 Å². The predicted molar refractivity (Wildman–Crippen MR) is 81.8 cm³/mol. The summed E-state index contributed by atoms with van der Waals surface area (Å²) >= 11 is 6.05. The molecule has 0 radical (unpaired) electrons. The number of aryl methyl sites for hydroxylation is 1. The molecule has 5 nitrogen and oxygen atoms in total. The molecule has 0 bridgehead atoms. The number of carbonyl (C=O) groups is 2. The predicted octanol–water partition coefficient (Wildman–Crippen LogP) is 3.56. The van der Waals surface area contributed by atoms with E-state index in [1.807, 2.05) is 13.0 Å². The highest BCUT2D eigenvalue weighted by molar-refractivity contribution is 6.33. The summed E-state index contributed by atoms with van der Waals surface area (Å²) in [5.74, 6) is -0.978. The van der Waals surface area contributed by atoms with Crippen LogP contribution in [0.4, 0.5) is 10.5 Å². The monoisotopic (exact) mass is 310 g/mol. The van der Waals surface area contributed by atoms with Gasteiger partial charge in [-0.15, -0.1) is 0 Å². The quantitative estimate of drug-likeness (QED) is 0.798. The highest BCUT2D eigenvalue weighted by Gasteiger charge is 2.41. The maximum absolute atomic E-state index is 12.2. The van der Waals surface area contributed by atoms with Gasteiger partial charge in [-0.3, -0.25) is 0 Å². The number of urea groups is 1. The minimum Gasteiger partial charge on any atom is -0.480 e. The van der Waals surface area contributed by atoms with Crippen molar-refractivity contribution in [3.8, 4) is 0 Å². The van der Waals surface area contributed by atoms with Gasteiger partial charge >= 0.3 is 12.0 Å². The number of hydrogen-bond acceptors (Lipinski definition) is 2. The number of carbonyl (C=O) groups excluding carboxylic acids is 1. The molecule has 1 saturated carbocycles. The first kappa shape index (κ1) is 15.6. The van der Waals surface area contributed by atoms with Gasteiger partial charge in [0.1, 0.15) is 5.54 Å². The zero-order valence-electron chi connectivity index (χ0n) is 11.9. The number of anilines is 1. The normalized spacial score (nSPS) is 17.0. The van der Waals surface area contributed by atoms with E-state index in [4.69, 9.17) is 11.6 Å². The van der Waals surface area contributed by atoms with E-state index >= 15 is 0 Å². The van der Waals surface area contributed by atoms with Gasteiger partial charge in [-0.05, 0) is 31.4 Å². The summed E-state index contributed by atoms with van der Waals surface area (Å²) in [6.07, 6.45) is 3.52. The van der Waals surface area contributed by atoms with Crippen LogP contribution in [0, 0.1) is 6.92 Å². The Morgan fingerprint density at radius 2 is 1.90 bits per heavy atom. The van der Waals surface area contributed by atoms with Gasteiger partial charge < -0.3 is 15.7 Å². The first-order valence-corrected chi connectivity index (χ1v) is 7.40. The Balaban J connectivity index is 2.11. The van der Waals surface area contributed by atoms with E-state index in [1.165, 1.54) is 0 Å². The van der Waals surface area contributed by atoms with E-state index in [1.54, 1.807) is 12.1 Å². The lowest BCUT2D eigenvalue weighted by Crippen LogP contribution is -2.56. The lowest BCUT2D eigenvalue weighted by Gasteiger charge is -2.34. The average molecular weight is 311 g/mol. The Bertz CT molecular complexity index is 534. The van der Waals surface area contributed by atoms with Crippen molar-refractivity contribution in [1.82, 2.24) is 5.32 Å². The van der Waals surface area contributed by atoms with Crippen LogP contribution in [0.3, 0.4) is 0 Å². The molecule has 0 atom stereocenters. The summed E-state index contributed by atoms with van der Waals surface area (Å²) < 4.78 is 0. The third-order valence-electron chi connectivity index (χ3n) is 3.93. The summed E-state index contributed by atoms with van der Waals surface area (Å²) in [7, 11) is 0. The smallest absolute Gasteiger partial charge is 0.329 e. The van der Waals surface area contributed by atoms with E-state index < -0.39 is 17.5 Å². The van der Waals surface area contributed by atoms with Gasteiger partial charge in [0.2, 0.25) is 0 Å². The second-order valence-corrected chi connectivity index (χ2v) is 5.87. The molecule has 21 heavy (non-hydrogen) atoms. The summed E-state index contributed by atoms with van der Waals surface area (Å²) in [5, 5.41) is 15.2. The van der Waals surface area contributed by atoms with Crippen molar-refractivity contribution in [2.24, 2.45) is 0 Å². The van der Waals surface area contributed by atoms with Crippen LogP contribution in [0.2, 0.25) is 5.02 Å². The molecular weight excluding hydrogens is 292 g/mol. The van der Waals surface area contributed by atoms with Gasteiger partial charge in [-0.1, -0.05) is 43.0 Å². The van der Waals surface area contributed by atoms with Crippen molar-refractivity contribution in [2.75, 3.05) is 5.32 Å². The van der Waals surface area contributed by atoms with Crippen LogP contribution in [-0.2, 0) is 4.79 Å². The Kier molecular flexibility index (Phi) is 4.73. The molecule has 0 heterocycles. The summed E-state index contributed by atoms with van der Waals surface area (Å²) in [5.41, 5.74) is 0.163. The van der Waals surface area contributed by atoms with Crippen LogP contribution in [0.5, 0.6) is 0 Å². The third kappa shape index (κ3) is 3.47. The molecule has 1 aliphatic carbocycles. The van der Waals surface area contributed by atoms with Crippen molar-refractivity contribution in [3.05, 3.63) is 28.8 Å². The zero-order chi connectivity index (χ0) is 15.5. The molecule has 0 unspecified atom stereocenters. The zero-order valence-corrected chi connectivity index (χ0v) is 12.7. The van der Waals surface area contributed by atoms with Crippen LogP contribution >= 0.6 is 11.6 Å². The largest absolute Gasteiger partial charge is 0.480 e. The minimum atomic E-state index is -1.17. The van der Waals surface area contributed by atoms with E-state index in [-0.39, 0.29) is 0 Å². The van der Waals surface area contributed by atoms with E-state index in [2.05, 4.69) is 10.6 Å². The molecule has 0 saturated heterocycles. The van der Waals surface area contributed by atoms with Crippen LogP contribution in [0.1, 0.15) is 37.7 Å². The van der Waals surface area contributed by atoms with Crippen molar-refractivity contribution >= 4 is 29.3 Å². The summed E-state index contributed by atoms with van der Waals surface area (Å²) in [6.45, 7) is 1.83. The number of carboxylic acids is 1. The van der Waals surface area contributed by atoms with Gasteiger partial charge in [0.15, 0.2) is 0 Å². The number of amides is 2. The van der Waals surface area contributed by atoms with E-state index in [9.17, 15) is 14.7 Å². The van der Waals surface area contributed by atoms with E-state index in [0.717, 1.165) is 24.8 Å². The van der Waals surface area contributed by atoms with E-state index in [0.29, 0.717) is 23.6 Å². The molecule has 2 rings (SSSR count). The summed E-state index contributed by atoms with van der Waals surface area (Å²) in [4.78, 5) is 23.7. The second-order valence-electron chi connectivity index (χ2n) is 5.46. The average Bonchev–Trinajstić information content (AvgIpc) is 2.44. The highest BCUT2D eigenvalue weighted by Crippen LogP contribution is 2.29. The fourth-order valence-electron chi connectivity index (χ4n) is 2.70. The molecule has 0 aliphatic heterocycles. The molecule has 3 N–H and O–H groups in total. The number of carboxylic acid groups (broad SMARTS) is 1. The van der Waals surface area contributed by atoms with Crippen LogP contribution in [-0.4, -0.2) is 22.6 Å². The van der Waals surface area contributed by atoms with Gasteiger partial charge in [-0.2, -0.15) is 0 Å². The molecule has 114 valence electrons. The van der Waals surface area contributed by atoms with Crippen molar-refractivity contribution in [3.63, 3.8) is 0 Å². The lowest BCUT2D eigenvalue weighted by atomic mass is 9.82. The number of nitrogens with one attached hydrogen (secondary N) is 2. The molecule has 1 aromatic carbocycles. The number of halogens is 1. The molecule has 1 fully saturated rings. The molecule has 1 aliphatic rings. The molecule has 1 aromatic rings. The molecule has 2 amide bonds. The number of hydrogen-bond donors (Lipinski definition) is 3. The Morgan fingerprint density at radius 3 is 2.48 bits per heavy atom. The first-order chi connectivity index (χ1) is 9.94. The van der Waals surface area contributed by atoms with Gasteiger partial charge in [0.05, 0.1) is 10.7 Å². The highest BCUT2D eigenvalue weighted by atomic mass is 35.5. The van der Waals surface area contributed by atoms with Gasteiger partial charge in [0.25, 0.3) is 0 Å². The maximum Gasteiger partial charge on any atom is 0.329 e. The number of benzene rings is 1. The lowest BCUT2D eigenvalue weighted by molar-refractivity contribution is -0.145. The van der Waals surface area contributed by atoms with Crippen LogP contribution < -0.4 is 10.6 Å². The van der Waals surface area contributed by atoms with Crippen molar-refractivity contribution in [2.45, 2.75) is 44.6 Å². The Morgan fingerprint density at radius 1 is 1.24 bits per heavy atom. The van der Waals surface area contributed by atoms with Gasteiger partial charge in [0, 0.05) is 0 Å². The third-order valence-corrected chi connectivity index (χ3v) is 4.24. The molecule has 0 aromatic heterocycles. The number of para-hydroxylation sites is 1. The van der Waals surface area contributed by atoms with Crippen LogP contribution in [0.15, 0.2) is 18.2 Å². The first-order valence-electron chi connectivity index (χ1n) is 7.02. The minimum absolute atomic E-state index is 0.429. The maximum atomic E-state index is 12.2. The van der Waals surface area contributed by atoms with Crippen LogP contribution in [0.25, 0.3) is 0 Å². The Labute approximate surface area is 128 Å². The van der Waals surface area contributed by atoms with Gasteiger partial charge in [-0.25, -0.2) is 9.59 Å². The summed E-state index contributed by atoms with van der Waals surface area (Å²) in [6, 6.07) is 4.77. The molecule has 0 spiro atoms. The second kappa shape index (κ2) is 6.35. The SMILES string of the molecule is Cc1cccc(Cl)c1NC(=O)NC1(C(=O)O)CCCCC1. The molecular formula is C15H19ClN2O3. The number of aliphatic carboxylic acids is 1. The fraction of sp³-hybridized carbons (Fsp3) is 0.467. The fourth-order valence-corrected chi connectivity index (χ4v) is 2.97. The standard InChI is InChI=1S/C15H19ClN2O3/c1-10-6-5-7-11(16)12(10)17-14(21)18-15(13(19)20)8-3-2-4-9-15/h5-7H,2-4,8-9H2,1H3,(H,19,20)(H2,17,18,21). The molecule has 6 heteroatoms.